The molecule has 0 atom stereocenters. The Morgan fingerprint density at radius 2 is 1.83 bits per heavy atom. The van der Waals surface area contributed by atoms with E-state index < -0.39 is 10.0 Å². The molecular weight excluding hydrogens is 422 g/mol. The molecule has 8 heteroatoms. The first-order valence-electron chi connectivity index (χ1n) is 9.51. The minimum Gasteiger partial charge on any atom is -0.435 e. The lowest BCUT2D eigenvalue weighted by atomic mass is 9.82. The molecule has 0 bridgehead atoms. The number of sulfonamides is 1. The second kappa shape index (κ2) is 8.62. The molecule has 2 heterocycles. The highest BCUT2D eigenvalue weighted by Gasteiger charge is 2.22. The van der Waals surface area contributed by atoms with Gasteiger partial charge in [-0.05, 0) is 54.7 Å². The summed E-state index contributed by atoms with van der Waals surface area (Å²) >= 11 is 6.05. The normalized spacial score (nSPS) is 11.9. The molecule has 2 aromatic heterocycles. The molecule has 0 amide bonds. The molecule has 0 fully saturated rings. The van der Waals surface area contributed by atoms with Gasteiger partial charge in [-0.3, -0.25) is 9.71 Å². The number of nitrogens with one attached hydrogen (secondary N) is 1. The number of aromatic nitrogens is 2. The zero-order chi connectivity index (χ0) is 21.9. The van der Waals surface area contributed by atoms with Gasteiger partial charge in [-0.25, -0.2) is 13.4 Å². The lowest BCUT2D eigenvalue weighted by Crippen LogP contribution is -2.17. The van der Waals surface area contributed by atoms with E-state index in [0.717, 1.165) is 12.0 Å². The molecule has 3 aromatic rings. The summed E-state index contributed by atoms with van der Waals surface area (Å²) in [6.45, 7) is 8.13. The van der Waals surface area contributed by atoms with Crippen LogP contribution in [0.15, 0.2) is 59.8 Å². The van der Waals surface area contributed by atoms with E-state index in [1.54, 1.807) is 37.4 Å². The minimum atomic E-state index is -3.87. The van der Waals surface area contributed by atoms with Gasteiger partial charge >= 0.3 is 0 Å². The van der Waals surface area contributed by atoms with Gasteiger partial charge in [0.25, 0.3) is 10.0 Å². The van der Waals surface area contributed by atoms with Crippen LogP contribution in [0, 0.1) is 6.92 Å². The number of aryl methyl sites for hydroxylation is 1. The Kier molecular flexibility index (Phi) is 6.33. The Morgan fingerprint density at radius 1 is 1.13 bits per heavy atom. The van der Waals surface area contributed by atoms with E-state index in [1.807, 2.05) is 12.1 Å². The molecule has 0 radical (unpaired) electrons. The highest BCUT2D eigenvalue weighted by Crippen LogP contribution is 2.33. The Bertz CT molecular complexity index is 1150. The summed E-state index contributed by atoms with van der Waals surface area (Å²) in [6, 6.07) is 11.8. The van der Waals surface area contributed by atoms with Crippen molar-refractivity contribution in [2.45, 2.75) is 44.4 Å². The second-order valence-corrected chi connectivity index (χ2v) is 9.68. The van der Waals surface area contributed by atoms with Crippen LogP contribution in [-0.2, 0) is 15.4 Å². The molecule has 0 aliphatic rings. The quantitative estimate of drug-likeness (QED) is 0.503. The summed E-state index contributed by atoms with van der Waals surface area (Å²) in [6.07, 6.45) is 3.98. The van der Waals surface area contributed by atoms with Crippen molar-refractivity contribution >= 4 is 27.3 Å². The van der Waals surface area contributed by atoms with Crippen LogP contribution < -0.4 is 9.46 Å². The highest BCUT2D eigenvalue weighted by atomic mass is 35.5. The van der Waals surface area contributed by atoms with Crippen molar-refractivity contribution < 1.29 is 13.2 Å². The number of ether oxygens (including phenoxy) is 1. The van der Waals surface area contributed by atoms with Crippen LogP contribution >= 0.6 is 11.6 Å². The molecular formula is C22H24ClN3O3S. The maximum atomic E-state index is 13.0. The van der Waals surface area contributed by atoms with Crippen LogP contribution in [0.2, 0.25) is 5.02 Å². The molecule has 158 valence electrons. The first kappa shape index (κ1) is 22.1. The molecule has 30 heavy (non-hydrogen) atoms. The minimum absolute atomic E-state index is 0.0326. The van der Waals surface area contributed by atoms with E-state index in [0.29, 0.717) is 11.4 Å². The van der Waals surface area contributed by atoms with Gasteiger partial charge in [0.05, 0.1) is 15.6 Å². The number of pyridine rings is 2. The summed E-state index contributed by atoms with van der Waals surface area (Å²) in [7, 11) is -3.87. The van der Waals surface area contributed by atoms with Crippen LogP contribution in [0.4, 0.5) is 5.69 Å². The summed E-state index contributed by atoms with van der Waals surface area (Å²) in [4.78, 5) is 8.44. The van der Waals surface area contributed by atoms with E-state index >= 15 is 0 Å². The van der Waals surface area contributed by atoms with E-state index in [1.165, 1.54) is 12.3 Å². The van der Waals surface area contributed by atoms with Gasteiger partial charge in [-0.15, -0.1) is 0 Å². The van der Waals surface area contributed by atoms with Crippen molar-refractivity contribution in [1.29, 1.82) is 0 Å². The third kappa shape index (κ3) is 4.91. The topological polar surface area (TPSA) is 81.2 Å². The average Bonchev–Trinajstić information content (AvgIpc) is 2.71. The third-order valence-electron chi connectivity index (χ3n) is 5.06. The number of anilines is 1. The molecule has 1 N–H and O–H groups in total. The first-order chi connectivity index (χ1) is 14.1. The van der Waals surface area contributed by atoms with E-state index in [-0.39, 0.29) is 26.9 Å². The lowest BCUT2D eigenvalue weighted by molar-refractivity contribution is 0.459. The van der Waals surface area contributed by atoms with Crippen molar-refractivity contribution in [3.05, 3.63) is 71.1 Å². The summed E-state index contributed by atoms with van der Waals surface area (Å²) in [5.41, 5.74) is 1.83. The van der Waals surface area contributed by atoms with Gasteiger partial charge in [0.2, 0.25) is 5.88 Å². The van der Waals surface area contributed by atoms with E-state index in [2.05, 4.69) is 35.5 Å². The highest BCUT2D eigenvalue weighted by molar-refractivity contribution is 7.92. The van der Waals surface area contributed by atoms with Gasteiger partial charge in [0, 0.05) is 12.4 Å². The number of rotatable bonds is 7. The Hall–Kier alpha value is -2.64. The van der Waals surface area contributed by atoms with Gasteiger partial charge in [0.1, 0.15) is 5.69 Å². The molecule has 0 aliphatic heterocycles. The molecule has 0 unspecified atom stereocenters. The monoisotopic (exact) mass is 445 g/mol. The Labute approximate surface area is 182 Å². The maximum absolute atomic E-state index is 13.0. The SMILES string of the molecule is CCC(C)(C)c1ccc(S(=O)(=O)Nc2cc(Cl)cnc2Oc2cccnc2C)cc1. The van der Waals surface area contributed by atoms with Crippen molar-refractivity contribution in [2.75, 3.05) is 4.72 Å². The van der Waals surface area contributed by atoms with Gasteiger partial charge in [-0.1, -0.05) is 44.5 Å². The molecule has 0 aliphatic carbocycles. The van der Waals surface area contributed by atoms with Gasteiger partial charge in [-0.2, -0.15) is 0 Å². The first-order valence-corrected chi connectivity index (χ1v) is 11.4. The summed E-state index contributed by atoms with van der Waals surface area (Å²) in [5, 5.41) is 0.281. The number of halogens is 1. The van der Waals surface area contributed by atoms with Crippen LogP contribution in [0.1, 0.15) is 38.4 Å². The maximum Gasteiger partial charge on any atom is 0.262 e. The van der Waals surface area contributed by atoms with Crippen molar-refractivity contribution in [1.82, 2.24) is 9.97 Å². The average molecular weight is 446 g/mol. The molecule has 0 spiro atoms. The summed E-state index contributed by atoms with van der Waals surface area (Å²) in [5.74, 6) is 0.557. The van der Waals surface area contributed by atoms with Crippen LogP contribution in [0.3, 0.4) is 0 Å². The molecule has 0 saturated heterocycles. The predicted octanol–water partition coefficient (Wildman–Crippen LogP) is 5.72. The van der Waals surface area contributed by atoms with Crippen LogP contribution in [-0.4, -0.2) is 18.4 Å². The Balaban J connectivity index is 1.91. The van der Waals surface area contributed by atoms with E-state index in [4.69, 9.17) is 16.3 Å². The van der Waals surface area contributed by atoms with Crippen LogP contribution in [0.5, 0.6) is 11.6 Å². The fourth-order valence-electron chi connectivity index (χ4n) is 2.76. The molecule has 3 rings (SSSR count). The van der Waals surface area contributed by atoms with Crippen molar-refractivity contribution in [2.24, 2.45) is 0 Å². The largest absolute Gasteiger partial charge is 0.435 e. The smallest absolute Gasteiger partial charge is 0.262 e. The standard InChI is InChI=1S/C22H24ClN3O3S/c1-5-22(3,4)16-8-10-18(11-9-16)30(27,28)26-19-13-17(23)14-25-21(19)29-20-7-6-12-24-15(20)2/h6-14,26H,5H2,1-4H3. The van der Waals surface area contributed by atoms with Gasteiger partial charge < -0.3 is 4.74 Å². The Morgan fingerprint density at radius 3 is 2.47 bits per heavy atom. The molecule has 1 aromatic carbocycles. The summed E-state index contributed by atoms with van der Waals surface area (Å²) < 4.78 is 34.3. The van der Waals surface area contributed by atoms with Crippen molar-refractivity contribution in [3.63, 3.8) is 0 Å². The number of nitrogens with zero attached hydrogens (tertiary/aromatic N) is 2. The zero-order valence-corrected chi connectivity index (χ0v) is 18.9. The fourth-order valence-corrected chi connectivity index (χ4v) is 3.96. The predicted molar refractivity (Wildman–Crippen MR) is 119 cm³/mol. The zero-order valence-electron chi connectivity index (χ0n) is 17.3. The van der Waals surface area contributed by atoms with Crippen LogP contribution in [0.25, 0.3) is 0 Å². The third-order valence-corrected chi connectivity index (χ3v) is 6.65. The van der Waals surface area contributed by atoms with Crippen molar-refractivity contribution in [3.8, 4) is 11.6 Å². The number of hydrogen-bond donors (Lipinski definition) is 1. The number of benzene rings is 1. The van der Waals surface area contributed by atoms with Gasteiger partial charge in [0.15, 0.2) is 5.75 Å². The van der Waals surface area contributed by atoms with E-state index in [9.17, 15) is 8.42 Å². The molecule has 6 nitrogen and oxygen atoms in total. The second-order valence-electron chi connectivity index (χ2n) is 7.56. The number of hydrogen-bond acceptors (Lipinski definition) is 5. The lowest BCUT2D eigenvalue weighted by Gasteiger charge is -2.23. The fraction of sp³-hybridized carbons (Fsp3) is 0.273. The molecule has 0 saturated carbocycles.